The summed E-state index contributed by atoms with van der Waals surface area (Å²) >= 11 is 0. The van der Waals surface area contributed by atoms with Gasteiger partial charge in [-0.3, -0.25) is 0 Å². The molecule has 0 spiro atoms. The molecule has 0 fully saturated rings. The molecule has 1 heterocycles. The van der Waals surface area contributed by atoms with Crippen LogP contribution in [0.1, 0.15) is 24.0 Å². The van der Waals surface area contributed by atoms with Crippen LogP contribution in [0.5, 0.6) is 0 Å². The maximum absolute atomic E-state index is 11.4. The first kappa shape index (κ1) is 16.4. The monoisotopic (exact) mass is 319 g/mol. The van der Waals surface area contributed by atoms with Crippen LogP contribution in [0, 0.1) is 6.92 Å². The topological polar surface area (TPSA) is 72.0 Å². The first-order chi connectivity index (χ1) is 10.4. The van der Waals surface area contributed by atoms with Gasteiger partial charge in [0.2, 0.25) is 0 Å². The number of hydrogen-bond acceptors (Lipinski definition) is 5. The molecule has 0 amide bonds. The Morgan fingerprint density at radius 1 is 1.14 bits per heavy atom. The molecule has 22 heavy (non-hydrogen) atoms. The van der Waals surface area contributed by atoms with Crippen molar-refractivity contribution in [2.24, 2.45) is 0 Å². The van der Waals surface area contributed by atoms with Gasteiger partial charge in [-0.15, -0.1) is 0 Å². The number of hydrogen-bond donors (Lipinski definition) is 1. The molecule has 5 nitrogen and oxygen atoms in total. The van der Waals surface area contributed by atoms with E-state index < -0.39 is 9.84 Å². The number of rotatable bonds is 6. The van der Waals surface area contributed by atoms with E-state index >= 15 is 0 Å². The van der Waals surface area contributed by atoms with Crippen molar-refractivity contribution in [1.82, 2.24) is 9.97 Å². The number of aryl methyl sites for hydroxylation is 2. The van der Waals surface area contributed by atoms with E-state index in [1.165, 1.54) is 6.26 Å². The summed E-state index contributed by atoms with van der Waals surface area (Å²) in [7, 11) is -3.13. The normalized spacial score (nSPS) is 11.4. The third-order valence-electron chi connectivity index (χ3n) is 3.32. The lowest BCUT2D eigenvalue weighted by Gasteiger charge is -2.08. The Balaban J connectivity index is 1.95. The highest BCUT2D eigenvalue weighted by atomic mass is 32.2. The highest BCUT2D eigenvalue weighted by Crippen LogP contribution is 2.11. The molecule has 0 unspecified atom stereocenters. The van der Waals surface area contributed by atoms with Crippen LogP contribution < -0.4 is 5.32 Å². The number of nitrogens with zero attached hydrogens (tertiary/aromatic N) is 2. The van der Waals surface area contributed by atoms with Crippen molar-refractivity contribution in [3.63, 3.8) is 0 Å². The third kappa shape index (κ3) is 4.53. The molecule has 1 N–H and O–H groups in total. The van der Waals surface area contributed by atoms with Crippen molar-refractivity contribution in [3.05, 3.63) is 47.4 Å². The number of aromatic nitrogens is 2. The fraction of sp³-hybridized carbons (Fsp3) is 0.375. The molecular weight excluding hydrogens is 298 g/mol. The second-order valence-corrected chi connectivity index (χ2v) is 7.25. The van der Waals surface area contributed by atoms with Crippen molar-refractivity contribution in [3.8, 4) is 0 Å². The molecule has 0 saturated heterocycles. The minimum absolute atomic E-state index is 0.350. The Bertz CT molecular complexity index is 740. The lowest BCUT2D eigenvalue weighted by Crippen LogP contribution is -2.08. The fourth-order valence-corrected chi connectivity index (χ4v) is 2.77. The molecule has 0 aliphatic carbocycles. The standard InChI is InChI=1S/C16H21N3O2S/c1-4-14-11-16(19-12(2)18-14)17-10-9-13-5-7-15(8-6-13)22(3,20)21/h5-8,11H,4,9-10H2,1-3H3,(H,17,18,19). The van der Waals surface area contributed by atoms with Crippen LogP contribution in [0.3, 0.4) is 0 Å². The van der Waals surface area contributed by atoms with Crippen molar-refractivity contribution in [1.29, 1.82) is 0 Å². The largest absolute Gasteiger partial charge is 0.370 e. The Kier molecular flexibility index (Phi) is 5.13. The molecular formula is C16H21N3O2S. The smallest absolute Gasteiger partial charge is 0.175 e. The molecule has 0 saturated carbocycles. The van der Waals surface area contributed by atoms with Gasteiger partial charge >= 0.3 is 0 Å². The Hall–Kier alpha value is -1.95. The van der Waals surface area contributed by atoms with Crippen LogP contribution in [0.25, 0.3) is 0 Å². The average molecular weight is 319 g/mol. The number of sulfone groups is 1. The van der Waals surface area contributed by atoms with Gasteiger partial charge in [0.05, 0.1) is 4.90 Å². The zero-order valence-electron chi connectivity index (χ0n) is 13.1. The zero-order chi connectivity index (χ0) is 16.2. The molecule has 1 aromatic heterocycles. The van der Waals surface area contributed by atoms with Gasteiger partial charge in [0.15, 0.2) is 9.84 Å². The second-order valence-electron chi connectivity index (χ2n) is 5.24. The van der Waals surface area contributed by atoms with Gasteiger partial charge < -0.3 is 5.32 Å². The van der Waals surface area contributed by atoms with Gasteiger partial charge in [0.25, 0.3) is 0 Å². The zero-order valence-corrected chi connectivity index (χ0v) is 13.9. The summed E-state index contributed by atoms with van der Waals surface area (Å²) in [4.78, 5) is 9.05. The van der Waals surface area contributed by atoms with E-state index in [1.807, 2.05) is 25.1 Å². The van der Waals surface area contributed by atoms with Gasteiger partial charge in [-0.25, -0.2) is 18.4 Å². The van der Waals surface area contributed by atoms with Crippen LogP contribution >= 0.6 is 0 Å². The van der Waals surface area contributed by atoms with Gasteiger partial charge in [-0.05, 0) is 37.5 Å². The molecule has 0 aliphatic heterocycles. The highest BCUT2D eigenvalue weighted by Gasteiger charge is 2.06. The van der Waals surface area contributed by atoms with Crippen LogP contribution in [-0.4, -0.2) is 31.2 Å². The molecule has 2 aromatic rings. The van der Waals surface area contributed by atoms with E-state index in [1.54, 1.807) is 12.1 Å². The minimum Gasteiger partial charge on any atom is -0.370 e. The number of nitrogens with one attached hydrogen (secondary N) is 1. The molecule has 0 bridgehead atoms. The van der Waals surface area contributed by atoms with Gasteiger partial charge in [-0.1, -0.05) is 19.1 Å². The van der Waals surface area contributed by atoms with Gasteiger partial charge in [0, 0.05) is 24.6 Å². The van der Waals surface area contributed by atoms with E-state index in [9.17, 15) is 8.42 Å². The molecule has 1 aromatic carbocycles. The minimum atomic E-state index is -3.13. The second kappa shape index (κ2) is 6.87. The third-order valence-corrected chi connectivity index (χ3v) is 4.45. The fourth-order valence-electron chi connectivity index (χ4n) is 2.14. The van der Waals surface area contributed by atoms with Crippen molar-refractivity contribution in [2.45, 2.75) is 31.6 Å². The lowest BCUT2D eigenvalue weighted by molar-refractivity contribution is 0.602. The van der Waals surface area contributed by atoms with E-state index in [0.717, 1.165) is 42.3 Å². The van der Waals surface area contributed by atoms with Crippen LogP contribution in [-0.2, 0) is 22.7 Å². The van der Waals surface area contributed by atoms with E-state index in [2.05, 4.69) is 22.2 Å². The maximum atomic E-state index is 11.4. The molecule has 118 valence electrons. The maximum Gasteiger partial charge on any atom is 0.175 e. The average Bonchev–Trinajstić information content (AvgIpc) is 2.46. The molecule has 2 rings (SSSR count). The summed E-state index contributed by atoms with van der Waals surface area (Å²) in [6.45, 7) is 4.68. The van der Waals surface area contributed by atoms with Crippen LogP contribution in [0.4, 0.5) is 5.82 Å². The highest BCUT2D eigenvalue weighted by molar-refractivity contribution is 7.90. The first-order valence-electron chi connectivity index (χ1n) is 7.26. The van der Waals surface area contributed by atoms with E-state index in [4.69, 9.17) is 0 Å². The quantitative estimate of drug-likeness (QED) is 0.885. The van der Waals surface area contributed by atoms with E-state index in [-0.39, 0.29) is 0 Å². The predicted molar refractivity (Wildman–Crippen MR) is 87.9 cm³/mol. The van der Waals surface area contributed by atoms with Gasteiger partial charge in [0.1, 0.15) is 11.6 Å². The molecule has 0 atom stereocenters. The summed E-state index contributed by atoms with van der Waals surface area (Å²) in [6, 6.07) is 8.95. The Morgan fingerprint density at radius 2 is 1.82 bits per heavy atom. The summed E-state index contributed by atoms with van der Waals surface area (Å²) in [5, 5.41) is 3.28. The first-order valence-corrected chi connectivity index (χ1v) is 9.15. The molecule has 6 heteroatoms. The van der Waals surface area contributed by atoms with E-state index in [0.29, 0.717) is 4.90 Å². The lowest BCUT2D eigenvalue weighted by atomic mass is 10.1. The number of anilines is 1. The predicted octanol–water partition coefficient (Wildman–Crippen LogP) is 2.41. The summed E-state index contributed by atoms with van der Waals surface area (Å²) in [5.74, 6) is 1.59. The van der Waals surface area contributed by atoms with Crippen molar-refractivity contribution >= 4 is 15.7 Å². The Labute approximate surface area is 131 Å². The summed E-state index contributed by atoms with van der Waals surface area (Å²) in [5.41, 5.74) is 2.11. The van der Waals surface area contributed by atoms with Crippen LogP contribution in [0.15, 0.2) is 35.2 Å². The number of benzene rings is 1. The van der Waals surface area contributed by atoms with Crippen LogP contribution in [0.2, 0.25) is 0 Å². The van der Waals surface area contributed by atoms with Crippen molar-refractivity contribution in [2.75, 3.05) is 18.1 Å². The Morgan fingerprint density at radius 3 is 2.41 bits per heavy atom. The molecule has 0 aliphatic rings. The summed E-state index contributed by atoms with van der Waals surface area (Å²) < 4.78 is 22.8. The summed E-state index contributed by atoms with van der Waals surface area (Å²) in [6.07, 6.45) is 2.89. The van der Waals surface area contributed by atoms with Crippen molar-refractivity contribution < 1.29 is 8.42 Å². The SMILES string of the molecule is CCc1cc(NCCc2ccc(S(C)(=O)=O)cc2)nc(C)n1. The van der Waals surface area contributed by atoms with Gasteiger partial charge in [-0.2, -0.15) is 0 Å². The molecule has 0 radical (unpaired) electrons.